The van der Waals surface area contributed by atoms with Crippen LogP contribution in [0.2, 0.25) is 0 Å². The molecule has 0 bridgehead atoms. The van der Waals surface area contributed by atoms with E-state index in [0.29, 0.717) is 6.61 Å². The van der Waals surface area contributed by atoms with Gasteiger partial charge < -0.3 is 9.14 Å². The van der Waals surface area contributed by atoms with Gasteiger partial charge in [-0.1, -0.05) is 22.0 Å². The zero-order valence-corrected chi connectivity index (χ0v) is 10.9. The molecule has 0 atom stereocenters. The summed E-state index contributed by atoms with van der Waals surface area (Å²) in [6.45, 7) is 2.60. The van der Waals surface area contributed by atoms with Gasteiger partial charge in [0.1, 0.15) is 5.82 Å². The van der Waals surface area contributed by atoms with Gasteiger partial charge in [0.15, 0.2) is 0 Å². The lowest BCUT2D eigenvalue weighted by Gasteiger charge is -1.96. The molecule has 0 radical (unpaired) electrons. The van der Waals surface area contributed by atoms with Crippen molar-refractivity contribution in [2.45, 2.75) is 6.92 Å². The van der Waals surface area contributed by atoms with Gasteiger partial charge in [0.25, 0.3) is 0 Å². The third-order valence-corrected chi connectivity index (χ3v) is 2.84. The number of fused-ring (bicyclic) bond motifs is 1. The molecule has 84 valence electrons. The van der Waals surface area contributed by atoms with Crippen LogP contribution in [0.25, 0.3) is 11.6 Å². The number of aryl methyl sites for hydroxylation is 1. The lowest BCUT2D eigenvalue weighted by atomic mass is 10.3. The van der Waals surface area contributed by atoms with E-state index in [9.17, 15) is 0 Å². The SMILES string of the molecule is COC/C=C/c1nc(C)n2ccc(Br)cc12. The number of hydrogen-bond donors (Lipinski definition) is 0. The van der Waals surface area contributed by atoms with E-state index in [1.807, 2.05) is 31.3 Å². The summed E-state index contributed by atoms with van der Waals surface area (Å²) in [5.41, 5.74) is 2.06. The van der Waals surface area contributed by atoms with E-state index in [2.05, 4.69) is 31.4 Å². The minimum Gasteiger partial charge on any atom is -0.381 e. The third kappa shape index (κ3) is 2.18. The zero-order valence-electron chi connectivity index (χ0n) is 9.27. The second-order valence-electron chi connectivity index (χ2n) is 3.50. The van der Waals surface area contributed by atoms with E-state index in [0.717, 1.165) is 21.5 Å². The summed E-state index contributed by atoms with van der Waals surface area (Å²) in [7, 11) is 1.68. The van der Waals surface area contributed by atoms with Crippen molar-refractivity contribution in [1.82, 2.24) is 9.38 Å². The number of aromatic nitrogens is 2. The Balaban J connectivity index is 2.48. The lowest BCUT2D eigenvalue weighted by molar-refractivity contribution is 0.234. The van der Waals surface area contributed by atoms with Crippen LogP contribution in [0.5, 0.6) is 0 Å². The fraction of sp³-hybridized carbons (Fsp3) is 0.250. The number of hydrogen-bond acceptors (Lipinski definition) is 2. The van der Waals surface area contributed by atoms with Crippen molar-refractivity contribution in [1.29, 1.82) is 0 Å². The Morgan fingerprint density at radius 3 is 3.12 bits per heavy atom. The second kappa shape index (κ2) is 4.80. The lowest BCUT2D eigenvalue weighted by Crippen LogP contribution is -1.85. The number of halogens is 1. The van der Waals surface area contributed by atoms with Gasteiger partial charge >= 0.3 is 0 Å². The molecule has 0 aromatic carbocycles. The van der Waals surface area contributed by atoms with Crippen LogP contribution >= 0.6 is 15.9 Å². The first kappa shape index (κ1) is 11.4. The van der Waals surface area contributed by atoms with Gasteiger partial charge in [0, 0.05) is 17.8 Å². The number of ether oxygens (including phenoxy) is 1. The number of pyridine rings is 1. The molecule has 0 N–H and O–H groups in total. The Bertz CT molecular complexity index is 531. The maximum Gasteiger partial charge on any atom is 0.110 e. The minimum absolute atomic E-state index is 0.603. The fourth-order valence-electron chi connectivity index (χ4n) is 1.62. The standard InChI is InChI=1S/C12H13BrN2O/c1-9-14-11(4-3-7-16-2)12-8-10(13)5-6-15(9)12/h3-6,8H,7H2,1-2H3/b4-3+. The van der Waals surface area contributed by atoms with Gasteiger partial charge in [0.2, 0.25) is 0 Å². The highest BCUT2D eigenvalue weighted by Gasteiger charge is 2.05. The fourth-order valence-corrected chi connectivity index (χ4v) is 1.95. The average molecular weight is 281 g/mol. The van der Waals surface area contributed by atoms with Gasteiger partial charge in [-0.25, -0.2) is 4.98 Å². The molecular weight excluding hydrogens is 268 g/mol. The van der Waals surface area contributed by atoms with Crippen LogP contribution < -0.4 is 0 Å². The number of nitrogens with zero attached hydrogens (tertiary/aromatic N) is 2. The maximum absolute atomic E-state index is 4.98. The van der Waals surface area contributed by atoms with E-state index in [1.54, 1.807) is 7.11 Å². The van der Waals surface area contributed by atoms with Crippen molar-refractivity contribution in [3.8, 4) is 0 Å². The van der Waals surface area contributed by atoms with Crippen molar-refractivity contribution in [3.63, 3.8) is 0 Å². The van der Waals surface area contributed by atoms with E-state index in [-0.39, 0.29) is 0 Å². The summed E-state index contributed by atoms with van der Waals surface area (Å²) in [4.78, 5) is 4.50. The molecule has 3 nitrogen and oxygen atoms in total. The van der Waals surface area contributed by atoms with Crippen molar-refractivity contribution >= 4 is 27.5 Å². The molecule has 0 fully saturated rings. The topological polar surface area (TPSA) is 26.5 Å². The number of imidazole rings is 1. The van der Waals surface area contributed by atoms with E-state index in [1.165, 1.54) is 0 Å². The molecule has 0 unspecified atom stereocenters. The van der Waals surface area contributed by atoms with Crippen LogP contribution in [0.4, 0.5) is 0 Å². The first-order chi connectivity index (χ1) is 7.72. The summed E-state index contributed by atoms with van der Waals surface area (Å²) in [6.07, 6.45) is 5.95. The first-order valence-electron chi connectivity index (χ1n) is 5.02. The second-order valence-corrected chi connectivity index (χ2v) is 4.42. The summed E-state index contributed by atoms with van der Waals surface area (Å²) in [6, 6.07) is 4.07. The molecule has 0 amide bonds. The van der Waals surface area contributed by atoms with E-state index in [4.69, 9.17) is 4.74 Å². The van der Waals surface area contributed by atoms with Crippen molar-refractivity contribution < 1.29 is 4.74 Å². The highest BCUT2D eigenvalue weighted by atomic mass is 79.9. The zero-order chi connectivity index (χ0) is 11.5. The summed E-state index contributed by atoms with van der Waals surface area (Å²) in [5.74, 6) is 0.986. The molecule has 0 saturated heterocycles. The largest absolute Gasteiger partial charge is 0.381 e. The Kier molecular flexibility index (Phi) is 3.41. The summed E-state index contributed by atoms with van der Waals surface area (Å²) in [5, 5.41) is 0. The van der Waals surface area contributed by atoms with Gasteiger partial charge in [-0.2, -0.15) is 0 Å². The van der Waals surface area contributed by atoms with Crippen molar-refractivity contribution in [2.75, 3.05) is 13.7 Å². The predicted octanol–water partition coefficient (Wildman–Crippen LogP) is 3.06. The molecule has 0 spiro atoms. The molecule has 4 heteroatoms. The molecule has 0 aliphatic carbocycles. The highest BCUT2D eigenvalue weighted by Crippen LogP contribution is 2.19. The monoisotopic (exact) mass is 280 g/mol. The number of rotatable bonds is 3. The Hall–Kier alpha value is -1.13. The summed E-state index contributed by atoms with van der Waals surface area (Å²) >= 11 is 3.47. The molecule has 0 saturated carbocycles. The van der Waals surface area contributed by atoms with Crippen LogP contribution in [0.1, 0.15) is 11.5 Å². The van der Waals surface area contributed by atoms with Crippen LogP contribution in [-0.4, -0.2) is 23.1 Å². The Morgan fingerprint density at radius 1 is 1.56 bits per heavy atom. The molecule has 2 rings (SSSR count). The first-order valence-corrected chi connectivity index (χ1v) is 5.81. The smallest absolute Gasteiger partial charge is 0.110 e. The highest BCUT2D eigenvalue weighted by molar-refractivity contribution is 9.10. The maximum atomic E-state index is 4.98. The normalized spacial score (nSPS) is 11.7. The molecule has 0 aliphatic rings. The predicted molar refractivity (Wildman–Crippen MR) is 68.5 cm³/mol. The molecule has 0 aliphatic heterocycles. The molecule has 2 aromatic heterocycles. The minimum atomic E-state index is 0.603. The molecular formula is C12H13BrN2O. The van der Waals surface area contributed by atoms with Crippen LogP contribution in [-0.2, 0) is 4.74 Å². The van der Waals surface area contributed by atoms with Gasteiger partial charge in [-0.3, -0.25) is 0 Å². The molecule has 2 heterocycles. The van der Waals surface area contributed by atoms with E-state index >= 15 is 0 Å². The molecule has 2 aromatic rings. The van der Waals surface area contributed by atoms with Crippen LogP contribution in [0.15, 0.2) is 28.9 Å². The quantitative estimate of drug-likeness (QED) is 0.864. The Morgan fingerprint density at radius 2 is 2.38 bits per heavy atom. The van der Waals surface area contributed by atoms with Crippen LogP contribution in [0.3, 0.4) is 0 Å². The van der Waals surface area contributed by atoms with Gasteiger partial charge in [-0.15, -0.1) is 0 Å². The van der Waals surface area contributed by atoms with Gasteiger partial charge in [-0.05, 0) is 25.1 Å². The Labute approximate surface area is 103 Å². The summed E-state index contributed by atoms with van der Waals surface area (Å²) < 4.78 is 8.10. The van der Waals surface area contributed by atoms with E-state index < -0.39 is 0 Å². The third-order valence-electron chi connectivity index (χ3n) is 2.35. The molecule has 16 heavy (non-hydrogen) atoms. The number of methoxy groups -OCH3 is 1. The van der Waals surface area contributed by atoms with Crippen molar-refractivity contribution in [3.05, 3.63) is 40.4 Å². The van der Waals surface area contributed by atoms with Gasteiger partial charge in [0.05, 0.1) is 17.8 Å². The van der Waals surface area contributed by atoms with Crippen LogP contribution in [0, 0.1) is 6.92 Å². The average Bonchev–Trinajstić information content (AvgIpc) is 2.56. The van der Waals surface area contributed by atoms with Crippen molar-refractivity contribution in [2.24, 2.45) is 0 Å².